The molecule has 0 heterocycles. The summed E-state index contributed by atoms with van der Waals surface area (Å²) in [5.41, 5.74) is 5.17. The number of rotatable bonds is 7. The highest BCUT2D eigenvalue weighted by atomic mass is 16.3. The molecule has 0 atom stereocenters. The molecule has 0 fully saturated rings. The van der Waals surface area contributed by atoms with E-state index in [4.69, 9.17) is 0 Å². The van der Waals surface area contributed by atoms with Crippen molar-refractivity contribution in [3.8, 4) is 17.2 Å². The fraction of sp³-hybridized carbons (Fsp3) is 0.250. The van der Waals surface area contributed by atoms with E-state index in [0.29, 0.717) is 12.0 Å². The summed E-state index contributed by atoms with van der Waals surface area (Å²) in [6.45, 7) is 6.33. The predicted molar refractivity (Wildman–Crippen MR) is 113 cm³/mol. The van der Waals surface area contributed by atoms with E-state index in [1.807, 2.05) is 24.3 Å². The molecule has 0 saturated heterocycles. The Kier molecular flexibility index (Phi) is 7.30. The number of phenolic OH excluding ortho intramolecular Hbond substituents is 3. The second-order valence-electron chi connectivity index (χ2n) is 7.08. The SMILES string of the molecule is CC(C)=CCCC(C)=CCc1cc(C=Cc2cc(O)cc(O)c2)ccc1O. The van der Waals surface area contributed by atoms with Crippen LogP contribution < -0.4 is 0 Å². The zero-order valence-corrected chi connectivity index (χ0v) is 16.2. The van der Waals surface area contributed by atoms with Gasteiger partial charge in [-0.05, 0) is 81.0 Å². The Morgan fingerprint density at radius 3 is 2.15 bits per heavy atom. The van der Waals surface area contributed by atoms with Gasteiger partial charge in [-0.15, -0.1) is 0 Å². The smallest absolute Gasteiger partial charge is 0.119 e. The van der Waals surface area contributed by atoms with E-state index in [2.05, 4.69) is 32.9 Å². The van der Waals surface area contributed by atoms with Crippen molar-refractivity contribution in [1.29, 1.82) is 0 Å². The van der Waals surface area contributed by atoms with E-state index in [0.717, 1.165) is 24.0 Å². The minimum Gasteiger partial charge on any atom is -0.508 e. The molecule has 2 rings (SSSR count). The summed E-state index contributed by atoms with van der Waals surface area (Å²) in [5.74, 6) is 0.333. The van der Waals surface area contributed by atoms with Crippen molar-refractivity contribution in [2.75, 3.05) is 0 Å². The summed E-state index contributed by atoms with van der Waals surface area (Å²) in [6.07, 6.45) is 10.8. The molecule has 2 aromatic carbocycles. The van der Waals surface area contributed by atoms with Gasteiger partial charge in [-0.1, -0.05) is 41.5 Å². The van der Waals surface area contributed by atoms with Gasteiger partial charge in [0.05, 0.1) is 0 Å². The number of benzene rings is 2. The standard InChI is InChI=1S/C24H28O3/c1-17(2)5-4-6-18(3)7-11-21-13-19(10-12-24(21)27)8-9-20-14-22(25)16-23(26)15-20/h5,7-10,12-16,25-27H,4,6,11H2,1-3H3. The fourth-order valence-electron chi connectivity index (χ4n) is 2.75. The van der Waals surface area contributed by atoms with Crippen molar-refractivity contribution in [3.05, 3.63) is 76.4 Å². The van der Waals surface area contributed by atoms with Gasteiger partial charge in [0.2, 0.25) is 0 Å². The maximum atomic E-state index is 10.1. The lowest BCUT2D eigenvalue weighted by Crippen LogP contribution is -1.87. The van der Waals surface area contributed by atoms with E-state index >= 15 is 0 Å². The Hall–Kier alpha value is -2.94. The Balaban J connectivity index is 2.09. The maximum absolute atomic E-state index is 10.1. The van der Waals surface area contributed by atoms with Gasteiger partial charge >= 0.3 is 0 Å². The van der Waals surface area contributed by atoms with Crippen molar-refractivity contribution < 1.29 is 15.3 Å². The second kappa shape index (κ2) is 9.67. The molecule has 0 bridgehead atoms. The van der Waals surface area contributed by atoms with Crippen LogP contribution in [0, 0.1) is 0 Å². The van der Waals surface area contributed by atoms with Crippen LogP contribution >= 0.6 is 0 Å². The van der Waals surface area contributed by atoms with E-state index < -0.39 is 0 Å². The molecule has 0 saturated carbocycles. The zero-order valence-electron chi connectivity index (χ0n) is 16.2. The molecular weight excluding hydrogens is 336 g/mol. The predicted octanol–water partition coefficient (Wildman–Crippen LogP) is 6.21. The molecule has 0 radical (unpaired) electrons. The van der Waals surface area contributed by atoms with E-state index in [9.17, 15) is 15.3 Å². The summed E-state index contributed by atoms with van der Waals surface area (Å²) < 4.78 is 0. The molecule has 2 aromatic rings. The van der Waals surface area contributed by atoms with Crippen LogP contribution in [0.5, 0.6) is 17.2 Å². The molecule has 0 amide bonds. The Labute approximate surface area is 161 Å². The molecule has 0 aliphatic carbocycles. The van der Waals surface area contributed by atoms with Crippen LogP contribution in [0.2, 0.25) is 0 Å². The largest absolute Gasteiger partial charge is 0.508 e. The van der Waals surface area contributed by atoms with E-state index in [1.165, 1.54) is 17.2 Å². The molecule has 0 unspecified atom stereocenters. The fourth-order valence-corrected chi connectivity index (χ4v) is 2.75. The zero-order chi connectivity index (χ0) is 19.8. The molecule has 0 aliphatic rings. The lowest BCUT2D eigenvalue weighted by Gasteiger charge is -2.05. The normalized spacial score (nSPS) is 11.7. The maximum Gasteiger partial charge on any atom is 0.119 e. The van der Waals surface area contributed by atoms with Gasteiger partial charge in [0.25, 0.3) is 0 Å². The topological polar surface area (TPSA) is 60.7 Å². The van der Waals surface area contributed by atoms with Gasteiger partial charge in [-0.3, -0.25) is 0 Å². The summed E-state index contributed by atoms with van der Waals surface area (Å²) in [4.78, 5) is 0. The van der Waals surface area contributed by atoms with Gasteiger partial charge in [0, 0.05) is 6.07 Å². The summed E-state index contributed by atoms with van der Waals surface area (Å²) in [7, 11) is 0. The number of allylic oxidation sites excluding steroid dienone is 4. The minimum atomic E-state index is 0.0229. The Morgan fingerprint density at radius 1 is 0.815 bits per heavy atom. The van der Waals surface area contributed by atoms with Gasteiger partial charge in [-0.25, -0.2) is 0 Å². The molecular formula is C24H28O3. The molecule has 3 nitrogen and oxygen atoms in total. The van der Waals surface area contributed by atoms with Crippen LogP contribution in [0.25, 0.3) is 12.2 Å². The lowest BCUT2D eigenvalue weighted by molar-refractivity contribution is 0.450. The van der Waals surface area contributed by atoms with Crippen LogP contribution in [0.4, 0.5) is 0 Å². The number of phenols is 3. The Bertz CT molecular complexity index is 849. The third-order valence-electron chi connectivity index (χ3n) is 4.26. The highest BCUT2D eigenvalue weighted by molar-refractivity contribution is 5.71. The van der Waals surface area contributed by atoms with Crippen LogP contribution in [0.1, 0.15) is 50.3 Å². The molecule has 0 aromatic heterocycles. The number of hydrogen-bond acceptors (Lipinski definition) is 3. The van der Waals surface area contributed by atoms with E-state index in [1.54, 1.807) is 18.2 Å². The lowest BCUT2D eigenvalue weighted by atomic mass is 10.0. The first kappa shape index (κ1) is 20.4. The molecule has 3 heteroatoms. The highest BCUT2D eigenvalue weighted by Crippen LogP contribution is 2.24. The van der Waals surface area contributed by atoms with Crippen molar-refractivity contribution >= 4 is 12.2 Å². The molecule has 27 heavy (non-hydrogen) atoms. The average Bonchev–Trinajstić information content (AvgIpc) is 2.58. The summed E-state index contributed by atoms with van der Waals surface area (Å²) in [5, 5.41) is 29.2. The molecule has 0 spiro atoms. The average molecular weight is 364 g/mol. The van der Waals surface area contributed by atoms with Gasteiger partial charge < -0.3 is 15.3 Å². The van der Waals surface area contributed by atoms with Crippen molar-refractivity contribution in [3.63, 3.8) is 0 Å². The van der Waals surface area contributed by atoms with Gasteiger partial charge in [-0.2, -0.15) is 0 Å². The highest BCUT2D eigenvalue weighted by Gasteiger charge is 2.02. The molecule has 142 valence electrons. The summed E-state index contributed by atoms with van der Waals surface area (Å²) in [6, 6.07) is 9.94. The first-order valence-electron chi connectivity index (χ1n) is 9.15. The van der Waals surface area contributed by atoms with Gasteiger partial charge in [0.15, 0.2) is 0 Å². The van der Waals surface area contributed by atoms with Crippen molar-refractivity contribution in [2.24, 2.45) is 0 Å². The monoisotopic (exact) mass is 364 g/mol. The van der Waals surface area contributed by atoms with Crippen LogP contribution in [-0.2, 0) is 6.42 Å². The quantitative estimate of drug-likeness (QED) is 0.404. The molecule has 0 aliphatic heterocycles. The minimum absolute atomic E-state index is 0.0229. The van der Waals surface area contributed by atoms with Crippen molar-refractivity contribution in [2.45, 2.75) is 40.0 Å². The first-order chi connectivity index (χ1) is 12.8. The van der Waals surface area contributed by atoms with Gasteiger partial charge in [0.1, 0.15) is 17.2 Å². The van der Waals surface area contributed by atoms with Crippen molar-refractivity contribution in [1.82, 2.24) is 0 Å². The van der Waals surface area contributed by atoms with Crippen LogP contribution in [-0.4, -0.2) is 15.3 Å². The van der Waals surface area contributed by atoms with Crippen LogP contribution in [0.3, 0.4) is 0 Å². The van der Waals surface area contributed by atoms with E-state index in [-0.39, 0.29) is 17.2 Å². The third-order valence-corrected chi connectivity index (χ3v) is 4.26. The Morgan fingerprint density at radius 2 is 1.48 bits per heavy atom. The first-order valence-corrected chi connectivity index (χ1v) is 9.15. The van der Waals surface area contributed by atoms with Crippen LogP contribution in [0.15, 0.2) is 59.7 Å². The summed E-state index contributed by atoms with van der Waals surface area (Å²) >= 11 is 0. The third kappa shape index (κ3) is 7.06. The molecule has 3 N–H and O–H groups in total. The number of hydrogen-bond donors (Lipinski definition) is 3. The number of aromatic hydroxyl groups is 3. The second-order valence-corrected chi connectivity index (χ2v) is 7.08.